The van der Waals surface area contributed by atoms with Crippen LogP contribution in [0.15, 0.2) is 48.7 Å². The number of thiocarbonyl (C=S) groups is 1. The number of benzene rings is 1. The molecule has 1 aliphatic heterocycles. The van der Waals surface area contributed by atoms with E-state index in [2.05, 4.69) is 15.2 Å². The minimum atomic E-state index is -0.0838. The lowest BCUT2D eigenvalue weighted by Gasteiger charge is -2.28. The van der Waals surface area contributed by atoms with Crippen molar-refractivity contribution < 1.29 is 4.74 Å². The van der Waals surface area contributed by atoms with Crippen molar-refractivity contribution in [3.05, 3.63) is 64.9 Å². The molecule has 1 N–H and O–H groups in total. The largest absolute Gasteiger partial charge is 0.379 e. The van der Waals surface area contributed by atoms with E-state index in [1.54, 1.807) is 6.20 Å². The molecular weight excluding hydrogens is 342 g/mol. The van der Waals surface area contributed by atoms with Crippen LogP contribution in [0.4, 0.5) is 0 Å². The zero-order chi connectivity index (χ0) is 16.8. The summed E-state index contributed by atoms with van der Waals surface area (Å²) >= 11 is 11.7. The van der Waals surface area contributed by atoms with E-state index in [4.69, 9.17) is 28.6 Å². The lowest BCUT2D eigenvalue weighted by atomic mass is 9.95. The topological polar surface area (TPSA) is 37.4 Å². The van der Waals surface area contributed by atoms with Crippen molar-refractivity contribution >= 4 is 28.8 Å². The third-order valence-electron chi connectivity index (χ3n) is 4.03. The standard InChI is InChI=1S/C18H20ClN3OS/c19-15-6-4-14(5-7-15)17(16-3-1-2-8-20-16)18(24)21-13-22-9-11-23-12-10-22/h1-8,17H,9-13H2,(H,21,24). The van der Waals surface area contributed by atoms with Crippen LogP contribution in [0.5, 0.6) is 0 Å². The number of halogens is 1. The zero-order valence-electron chi connectivity index (χ0n) is 13.3. The molecule has 6 heteroatoms. The smallest absolute Gasteiger partial charge is 0.0900 e. The predicted molar refractivity (Wildman–Crippen MR) is 101 cm³/mol. The first-order valence-electron chi connectivity index (χ1n) is 7.98. The molecule has 2 heterocycles. The molecule has 0 aliphatic carbocycles. The van der Waals surface area contributed by atoms with Crippen LogP contribution in [-0.4, -0.2) is 47.8 Å². The summed E-state index contributed by atoms with van der Waals surface area (Å²) in [5.74, 6) is -0.0838. The summed E-state index contributed by atoms with van der Waals surface area (Å²) < 4.78 is 5.38. The Bertz CT molecular complexity index is 660. The Kier molecular flexibility index (Phi) is 6.15. The molecule has 0 radical (unpaired) electrons. The molecule has 1 saturated heterocycles. The molecule has 1 aromatic carbocycles. The van der Waals surface area contributed by atoms with Crippen LogP contribution in [0.1, 0.15) is 17.2 Å². The molecule has 2 aromatic rings. The van der Waals surface area contributed by atoms with Gasteiger partial charge in [-0.25, -0.2) is 0 Å². The van der Waals surface area contributed by atoms with E-state index in [-0.39, 0.29) is 5.92 Å². The maximum atomic E-state index is 6.02. The second-order valence-electron chi connectivity index (χ2n) is 5.67. The zero-order valence-corrected chi connectivity index (χ0v) is 14.9. The van der Waals surface area contributed by atoms with Crippen molar-refractivity contribution in [1.82, 2.24) is 15.2 Å². The second-order valence-corrected chi connectivity index (χ2v) is 6.54. The number of ether oxygens (including phenoxy) is 1. The highest BCUT2D eigenvalue weighted by Gasteiger charge is 2.21. The Morgan fingerprint density at radius 3 is 2.62 bits per heavy atom. The molecule has 0 spiro atoms. The van der Waals surface area contributed by atoms with E-state index in [9.17, 15) is 0 Å². The summed E-state index contributed by atoms with van der Waals surface area (Å²) in [4.78, 5) is 7.56. The average Bonchev–Trinajstić information content (AvgIpc) is 2.64. The van der Waals surface area contributed by atoms with Crippen molar-refractivity contribution in [1.29, 1.82) is 0 Å². The summed E-state index contributed by atoms with van der Waals surface area (Å²) in [7, 11) is 0. The molecular formula is C18H20ClN3OS. The van der Waals surface area contributed by atoms with Crippen LogP contribution < -0.4 is 5.32 Å². The van der Waals surface area contributed by atoms with Crippen LogP contribution in [-0.2, 0) is 4.74 Å². The fraction of sp³-hybridized carbons (Fsp3) is 0.333. The first-order valence-corrected chi connectivity index (χ1v) is 8.77. The molecule has 0 amide bonds. The van der Waals surface area contributed by atoms with Gasteiger partial charge in [0, 0.05) is 24.3 Å². The third-order valence-corrected chi connectivity index (χ3v) is 4.66. The van der Waals surface area contributed by atoms with Gasteiger partial charge in [-0.3, -0.25) is 9.88 Å². The fourth-order valence-electron chi connectivity index (χ4n) is 2.71. The SMILES string of the molecule is S=C(NCN1CCOCC1)C(c1ccc(Cl)cc1)c1ccccn1. The number of hydrogen-bond acceptors (Lipinski definition) is 4. The Balaban J connectivity index is 1.76. The van der Waals surface area contributed by atoms with Gasteiger partial charge in [-0.2, -0.15) is 0 Å². The van der Waals surface area contributed by atoms with Gasteiger partial charge in [0.1, 0.15) is 0 Å². The quantitative estimate of drug-likeness (QED) is 0.828. The van der Waals surface area contributed by atoms with E-state index in [0.29, 0.717) is 5.02 Å². The average molecular weight is 362 g/mol. The van der Waals surface area contributed by atoms with Crippen molar-refractivity contribution in [3.63, 3.8) is 0 Å². The first-order chi connectivity index (χ1) is 11.7. The molecule has 1 atom stereocenters. The van der Waals surface area contributed by atoms with Gasteiger partial charge >= 0.3 is 0 Å². The lowest BCUT2D eigenvalue weighted by Crippen LogP contribution is -2.44. The van der Waals surface area contributed by atoms with E-state index >= 15 is 0 Å². The molecule has 1 fully saturated rings. The number of morpholine rings is 1. The fourth-order valence-corrected chi connectivity index (χ4v) is 3.16. The molecule has 0 bridgehead atoms. The highest BCUT2D eigenvalue weighted by atomic mass is 35.5. The van der Waals surface area contributed by atoms with Crippen molar-refractivity contribution in [2.45, 2.75) is 5.92 Å². The molecule has 1 aliphatic rings. The van der Waals surface area contributed by atoms with Crippen LogP contribution in [0.3, 0.4) is 0 Å². The van der Waals surface area contributed by atoms with Crippen LogP contribution in [0.2, 0.25) is 5.02 Å². The first kappa shape index (κ1) is 17.3. The maximum absolute atomic E-state index is 6.02. The molecule has 4 nitrogen and oxygen atoms in total. The van der Waals surface area contributed by atoms with Gasteiger partial charge in [0.2, 0.25) is 0 Å². The third kappa shape index (κ3) is 4.51. The molecule has 3 rings (SSSR count). The number of rotatable bonds is 5. The van der Waals surface area contributed by atoms with Crippen LogP contribution >= 0.6 is 23.8 Å². The van der Waals surface area contributed by atoms with Gasteiger partial charge in [-0.1, -0.05) is 42.0 Å². The number of pyridine rings is 1. The van der Waals surface area contributed by atoms with Crippen molar-refractivity contribution in [2.24, 2.45) is 0 Å². The maximum Gasteiger partial charge on any atom is 0.0900 e. The number of nitrogens with zero attached hydrogens (tertiary/aromatic N) is 2. The highest BCUT2D eigenvalue weighted by molar-refractivity contribution is 7.80. The van der Waals surface area contributed by atoms with Crippen LogP contribution in [0.25, 0.3) is 0 Å². The highest BCUT2D eigenvalue weighted by Crippen LogP contribution is 2.25. The van der Waals surface area contributed by atoms with Gasteiger partial charge in [-0.15, -0.1) is 0 Å². The van der Waals surface area contributed by atoms with E-state index in [1.165, 1.54) is 0 Å². The Hall–Kier alpha value is -1.53. The summed E-state index contributed by atoms with van der Waals surface area (Å²) in [6.45, 7) is 4.11. The Morgan fingerprint density at radius 2 is 1.96 bits per heavy atom. The normalized spacial score (nSPS) is 16.5. The second kappa shape index (κ2) is 8.53. The molecule has 0 saturated carbocycles. The summed E-state index contributed by atoms with van der Waals surface area (Å²) in [5, 5.41) is 4.11. The molecule has 24 heavy (non-hydrogen) atoms. The van der Waals surface area contributed by atoms with Gasteiger partial charge < -0.3 is 10.1 Å². The van der Waals surface area contributed by atoms with E-state index in [1.807, 2.05) is 42.5 Å². The number of hydrogen-bond donors (Lipinski definition) is 1. The van der Waals surface area contributed by atoms with Gasteiger partial charge in [-0.05, 0) is 29.8 Å². The number of aromatic nitrogens is 1. The number of nitrogens with one attached hydrogen (secondary N) is 1. The van der Waals surface area contributed by atoms with Gasteiger partial charge in [0.25, 0.3) is 0 Å². The predicted octanol–water partition coefficient (Wildman–Crippen LogP) is 3.07. The van der Waals surface area contributed by atoms with Gasteiger partial charge in [0.15, 0.2) is 0 Å². The summed E-state index contributed by atoms with van der Waals surface area (Å²) in [6.07, 6.45) is 1.79. The summed E-state index contributed by atoms with van der Waals surface area (Å²) in [5.41, 5.74) is 2.01. The van der Waals surface area contributed by atoms with Gasteiger partial charge in [0.05, 0.1) is 36.5 Å². The lowest BCUT2D eigenvalue weighted by molar-refractivity contribution is 0.0367. The van der Waals surface area contributed by atoms with Crippen molar-refractivity contribution in [2.75, 3.05) is 33.0 Å². The van der Waals surface area contributed by atoms with E-state index in [0.717, 1.165) is 49.2 Å². The monoisotopic (exact) mass is 361 g/mol. The van der Waals surface area contributed by atoms with E-state index < -0.39 is 0 Å². The molecule has 1 unspecified atom stereocenters. The summed E-state index contributed by atoms with van der Waals surface area (Å²) in [6, 6.07) is 13.7. The van der Waals surface area contributed by atoms with Crippen LogP contribution in [0, 0.1) is 0 Å². The van der Waals surface area contributed by atoms with Crippen molar-refractivity contribution in [3.8, 4) is 0 Å². The Labute approximate surface area is 152 Å². The Morgan fingerprint density at radius 1 is 1.21 bits per heavy atom. The molecule has 126 valence electrons. The molecule has 1 aromatic heterocycles. The minimum Gasteiger partial charge on any atom is -0.379 e. The minimum absolute atomic E-state index is 0.0838.